The zero-order valence-electron chi connectivity index (χ0n) is 11.1. The van der Waals surface area contributed by atoms with Gasteiger partial charge in [0.2, 0.25) is 0 Å². The molecule has 0 saturated carbocycles. The minimum Gasteiger partial charge on any atom is -0.425 e. The molecule has 0 aliphatic carbocycles. The molecule has 8 nitrogen and oxygen atoms in total. The molecular formula is C11H16O8. The monoisotopic (exact) mass is 276 g/mol. The van der Waals surface area contributed by atoms with Crippen molar-refractivity contribution in [1.82, 2.24) is 0 Å². The second-order valence-corrected chi connectivity index (χ2v) is 3.53. The van der Waals surface area contributed by atoms with Crippen LogP contribution in [0.3, 0.4) is 0 Å². The lowest BCUT2D eigenvalue weighted by Crippen LogP contribution is -2.32. The Morgan fingerprint density at radius 3 is 1.00 bits per heavy atom. The van der Waals surface area contributed by atoms with Gasteiger partial charge in [-0.15, -0.1) is 0 Å². The molecule has 8 heteroatoms. The summed E-state index contributed by atoms with van der Waals surface area (Å²) >= 11 is 0. The van der Waals surface area contributed by atoms with Crippen LogP contribution in [0.1, 0.15) is 34.1 Å². The van der Waals surface area contributed by atoms with E-state index in [1.54, 1.807) is 0 Å². The van der Waals surface area contributed by atoms with Crippen LogP contribution in [0.15, 0.2) is 0 Å². The summed E-state index contributed by atoms with van der Waals surface area (Å²) in [6.45, 7) is 4.46. The number of hydrogen-bond acceptors (Lipinski definition) is 8. The van der Waals surface area contributed by atoms with Gasteiger partial charge in [-0.25, -0.2) is 0 Å². The first-order valence-corrected chi connectivity index (χ1v) is 5.39. The fourth-order valence-electron chi connectivity index (χ4n) is 1.14. The molecule has 19 heavy (non-hydrogen) atoms. The van der Waals surface area contributed by atoms with Gasteiger partial charge in [-0.1, -0.05) is 0 Å². The van der Waals surface area contributed by atoms with Crippen LogP contribution in [0.4, 0.5) is 0 Å². The lowest BCUT2D eigenvalue weighted by molar-refractivity contribution is -0.211. The summed E-state index contributed by atoms with van der Waals surface area (Å²) in [6, 6.07) is 0. The molecule has 0 radical (unpaired) electrons. The smallest absolute Gasteiger partial charge is 0.305 e. The topological polar surface area (TPSA) is 105 Å². The SMILES string of the molecule is CC(=O)OC(CC(OC(C)=O)OC(C)=O)OC(C)=O. The van der Waals surface area contributed by atoms with E-state index >= 15 is 0 Å². The molecule has 0 bridgehead atoms. The van der Waals surface area contributed by atoms with Gasteiger partial charge < -0.3 is 18.9 Å². The maximum atomic E-state index is 10.8. The van der Waals surface area contributed by atoms with Crippen molar-refractivity contribution >= 4 is 23.9 Å². The number of esters is 4. The van der Waals surface area contributed by atoms with Crippen molar-refractivity contribution < 1.29 is 38.1 Å². The second kappa shape index (κ2) is 8.06. The van der Waals surface area contributed by atoms with Crippen molar-refractivity contribution in [3.05, 3.63) is 0 Å². The predicted molar refractivity (Wildman–Crippen MR) is 59.3 cm³/mol. The highest BCUT2D eigenvalue weighted by Crippen LogP contribution is 2.11. The van der Waals surface area contributed by atoms with Gasteiger partial charge in [0.05, 0.1) is 6.42 Å². The number of carbonyl (C=O) groups is 4. The Morgan fingerprint density at radius 2 is 0.842 bits per heavy atom. The van der Waals surface area contributed by atoms with Crippen LogP contribution in [-0.4, -0.2) is 36.5 Å². The van der Waals surface area contributed by atoms with Gasteiger partial charge in [-0.05, 0) is 0 Å². The lowest BCUT2D eigenvalue weighted by atomic mass is 10.4. The third-order valence-corrected chi connectivity index (χ3v) is 1.57. The maximum absolute atomic E-state index is 10.8. The Morgan fingerprint density at radius 1 is 0.632 bits per heavy atom. The molecule has 0 spiro atoms. The number of ether oxygens (including phenoxy) is 4. The van der Waals surface area contributed by atoms with Gasteiger partial charge in [-0.3, -0.25) is 19.2 Å². The van der Waals surface area contributed by atoms with E-state index in [1.807, 2.05) is 0 Å². The summed E-state index contributed by atoms with van der Waals surface area (Å²) in [5.41, 5.74) is 0. The predicted octanol–water partition coefficient (Wildman–Crippen LogP) is 0.281. The molecule has 0 aromatic carbocycles. The average Bonchev–Trinajstić information content (AvgIpc) is 2.11. The van der Waals surface area contributed by atoms with Crippen molar-refractivity contribution in [3.63, 3.8) is 0 Å². The molecular weight excluding hydrogens is 260 g/mol. The highest BCUT2D eigenvalue weighted by atomic mass is 16.7. The molecule has 0 atom stereocenters. The van der Waals surface area contributed by atoms with Crippen molar-refractivity contribution in [1.29, 1.82) is 0 Å². The molecule has 0 rings (SSSR count). The van der Waals surface area contributed by atoms with Gasteiger partial charge in [0.25, 0.3) is 12.6 Å². The molecule has 0 saturated heterocycles. The summed E-state index contributed by atoms with van der Waals surface area (Å²) in [7, 11) is 0. The standard InChI is InChI=1S/C11H16O8/c1-6(12)16-10(17-7(2)13)5-11(18-8(3)14)19-9(4)15/h10-11H,5H2,1-4H3. The largest absolute Gasteiger partial charge is 0.425 e. The first-order chi connectivity index (χ1) is 8.70. The summed E-state index contributed by atoms with van der Waals surface area (Å²) in [4.78, 5) is 43.3. The first-order valence-electron chi connectivity index (χ1n) is 5.39. The molecule has 0 amide bonds. The lowest BCUT2D eigenvalue weighted by Gasteiger charge is -2.22. The van der Waals surface area contributed by atoms with Crippen LogP contribution >= 0.6 is 0 Å². The Balaban J connectivity index is 4.68. The van der Waals surface area contributed by atoms with E-state index in [9.17, 15) is 19.2 Å². The molecule has 0 aliphatic heterocycles. The van der Waals surface area contributed by atoms with Gasteiger partial charge in [-0.2, -0.15) is 0 Å². The van der Waals surface area contributed by atoms with E-state index < -0.39 is 36.5 Å². The normalized spacial score (nSPS) is 10.0. The highest BCUT2D eigenvalue weighted by molar-refractivity contribution is 5.69. The van der Waals surface area contributed by atoms with Crippen molar-refractivity contribution in [2.45, 2.75) is 46.7 Å². The minimum absolute atomic E-state index is 0.307. The molecule has 0 fully saturated rings. The Bertz CT molecular complexity index is 296. The van der Waals surface area contributed by atoms with E-state index in [-0.39, 0.29) is 6.42 Å². The van der Waals surface area contributed by atoms with Crippen LogP contribution in [0, 0.1) is 0 Å². The van der Waals surface area contributed by atoms with Gasteiger partial charge in [0.1, 0.15) is 0 Å². The van der Waals surface area contributed by atoms with Crippen LogP contribution in [-0.2, 0) is 38.1 Å². The Kier molecular flexibility index (Phi) is 7.16. The molecule has 0 aromatic rings. The number of rotatable bonds is 6. The van der Waals surface area contributed by atoms with Crippen LogP contribution in [0.5, 0.6) is 0 Å². The van der Waals surface area contributed by atoms with E-state index in [4.69, 9.17) is 18.9 Å². The third kappa shape index (κ3) is 9.57. The molecule has 0 heterocycles. The summed E-state index contributed by atoms with van der Waals surface area (Å²) < 4.78 is 18.8. The minimum atomic E-state index is -1.31. The summed E-state index contributed by atoms with van der Waals surface area (Å²) in [5.74, 6) is -2.79. The number of carbonyl (C=O) groups excluding carboxylic acids is 4. The van der Waals surface area contributed by atoms with Crippen molar-refractivity contribution in [3.8, 4) is 0 Å². The van der Waals surface area contributed by atoms with Gasteiger partial charge in [0.15, 0.2) is 0 Å². The van der Waals surface area contributed by atoms with Crippen molar-refractivity contribution in [2.75, 3.05) is 0 Å². The summed E-state index contributed by atoms with van der Waals surface area (Å²) in [6.07, 6.45) is -2.92. The molecule has 0 N–H and O–H groups in total. The molecule has 0 aliphatic rings. The van der Waals surface area contributed by atoms with E-state index in [0.29, 0.717) is 0 Å². The molecule has 0 aromatic heterocycles. The number of hydrogen-bond donors (Lipinski definition) is 0. The fourth-order valence-corrected chi connectivity index (χ4v) is 1.14. The van der Waals surface area contributed by atoms with E-state index in [1.165, 1.54) is 0 Å². The third-order valence-electron chi connectivity index (χ3n) is 1.57. The molecule has 108 valence electrons. The Hall–Kier alpha value is -2.12. The van der Waals surface area contributed by atoms with Crippen LogP contribution in [0.2, 0.25) is 0 Å². The highest BCUT2D eigenvalue weighted by Gasteiger charge is 2.25. The fraction of sp³-hybridized carbons (Fsp3) is 0.636. The van der Waals surface area contributed by atoms with E-state index in [2.05, 4.69) is 0 Å². The van der Waals surface area contributed by atoms with Crippen molar-refractivity contribution in [2.24, 2.45) is 0 Å². The van der Waals surface area contributed by atoms with E-state index in [0.717, 1.165) is 27.7 Å². The average molecular weight is 276 g/mol. The van der Waals surface area contributed by atoms with Crippen LogP contribution in [0.25, 0.3) is 0 Å². The second-order valence-electron chi connectivity index (χ2n) is 3.53. The first kappa shape index (κ1) is 16.9. The molecule has 0 unspecified atom stereocenters. The quantitative estimate of drug-likeness (QED) is 0.503. The Labute approximate surface area is 109 Å². The van der Waals surface area contributed by atoms with Gasteiger partial charge in [0, 0.05) is 27.7 Å². The zero-order valence-corrected chi connectivity index (χ0v) is 11.1. The summed E-state index contributed by atoms with van der Waals surface area (Å²) in [5, 5.41) is 0. The van der Waals surface area contributed by atoms with Gasteiger partial charge >= 0.3 is 23.9 Å². The maximum Gasteiger partial charge on any atom is 0.305 e. The van der Waals surface area contributed by atoms with Crippen LogP contribution < -0.4 is 0 Å². The zero-order chi connectivity index (χ0) is 15.0.